The van der Waals surface area contributed by atoms with Crippen LogP contribution in [0, 0.1) is 11.6 Å². The van der Waals surface area contributed by atoms with E-state index < -0.39 is 11.6 Å². The van der Waals surface area contributed by atoms with Gasteiger partial charge in [-0.15, -0.1) is 0 Å². The van der Waals surface area contributed by atoms with Crippen LogP contribution in [-0.4, -0.2) is 23.4 Å². The van der Waals surface area contributed by atoms with Crippen LogP contribution in [0.4, 0.5) is 14.6 Å². The van der Waals surface area contributed by atoms with Gasteiger partial charge in [0.05, 0.1) is 7.11 Å². The standard InChI is InChI=1S/C18H15F2N3O/c1-24-16-5-3-2-4-15(16)23-18-13(8-9-21-18)17(22-23)12-7-6-11(19)10-14(12)20/h2-7,10,21H,8-9H2,1H3. The number of halogens is 2. The molecule has 1 N–H and O–H groups in total. The van der Waals surface area contributed by atoms with Crippen molar-refractivity contribution in [3.8, 4) is 22.7 Å². The van der Waals surface area contributed by atoms with Crippen molar-refractivity contribution >= 4 is 5.82 Å². The Morgan fingerprint density at radius 1 is 1.17 bits per heavy atom. The first-order valence-electron chi connectivity index (χ1n) is 7.63. The number of nitrogens with one attached hydrogen (secondary N) is 1. The third kappa shape index (κ3) is 2.22. The van der Waals surface area contributed by atoms with Gasteiger partial charge in [0.15, 0.2) is 0 Å². The molecular formula is C18H15F2N3O. The number of benzene rings is 2. The van der Waals surface area contributed by atoms with E-state index in [4.69, 9.17) is 4.74 Å². The maximum atomic E-state index is 14.2. The summed E-state index contributed by atoms with van der Waals surface area (Å²) in [6.45, 7) is 0.748. The van der Waals surface area contributed by atoms with E-state index in [0.717, 1.165) is 36.1 Å². The summed E-state index contributed by atoms with van der Waals surface area (Å²) in [7, 11) is 1.59. The molecule has 0 amide bonds. The van der Waals surface area contributed by atoms with Gasteiger partial charge in [0.2, 0.25) is 0 Å². The van der Waals surface area contributed by atoms with Gasteiger partial charge >= 0.3 is 0 Å². The Morgan fingerprint density at radius 3 is 2.79 bits per heavy atom. The highest BCUT2D eigenvalue weighted by molar-refractivity contribution is 5.73. The van der Waals surface area contributed by atoms with Crippen molar-refractivity contribution in [2.45, 2.75) is 6.42 Å². The van der Waals surface area contributed by atoms with Crippen molar-refractivity contribution in [2.75, 3.05) is 19.0 Å². The average molecular weight is 327 g/mol. The number of hydrogen-bond acceptors (Lipinski definition) is 3. The molecule has 2 aromatic carbocycles. The molecule has 1 aliphatic rings. The molecule has 0 saturated carbocycles. The van der Waals surface area contributed by atoms with E-state index in [-0.39, 0.29) is 0 Å². The van der Waals surface area contributed by atoms with Gasteiger partial charge in [-0.3, -0.25) is 0 Å². The topological polar surface area (TPSA) is 39.1 Å². The lowest BCUT2D eigenvalue weighted by Crippen LogP contribution is -2.05. The summed E-state index contributed by atoms with van der Waals surface area (Å²) in [5.74, 6) is 0.269. The average Bonchev–Trinajstić information content (AvgIpc) is 3.18. The van der Waals surface area contributed by atoms with Gasteiger partial charge in [-0.1, -0.05) is 12.1 Å². The van der Waals surface area contributed by atoms with Gasteiger partial charge in [-0.05, 0) is 30.7 Å². The maximum absolute atomic E-state index is 14.2. The van der Waals surface area contributed by atoms with Crippen molar-refractivity contribution in [3.05, 3.63) is 59.7 Å². The number of nitrogens with zero attached hydrogens (tertiary/aromatic N) is 2. The second kappa shape index (κ2) is 5.63. The summed E-state index contributed by atoms with van der Waals surface area (Å²) < 4.78 is 34.6. The summed E-state index contributed by atoms with van der Waals surface area (Å²) in [5.41, 5.74) is 2.51. The quantitative estimate of drug-likeness (QED) is 0.795. The molecule has 4 rings (SSSR count). The lowest BCUT2D eigenvalue weighted by Gasteiger charge is -2.10. The largest absolute Gasteiger partial charge is 0.494 e. The van der Waals surface area contributed by atoms with Gasteiger partial charge in [0.1, 0.15) is 34.6 Å². The normalized spacial score (nSPS) is 12.8. The van der Waals surface area contributed by atoms with E-state index >= 15 is 0 Å². The Morgan fingerprint density at radius 2 is 2.00 bits per heavy atom. The molecule has 0 spiro atoms. The fourth-order valence-corrected chi connectivity index (χ4v) is 3.05. The van der Waals surface area contributed by atoms with Gasteiger partial charge in [0, 0.05) is 23.7 Å². The van der Waals surface area contributed by atoms with Crippen LogP contribution >= 0.6 is 0 Å². The van der Waals surface area contributed by atoms with Gasteiger partial charge in [0.25, 0.3) is 0 Å². The third-order valence-electron chi connectivity index (χ3n) is 4.15. The van der Waals surface area contributed by atoms with E-state index in [1.54, 1.807) is 11.8 Å². The number of para-hydroxylation sites is 2. The first-order chi connectivity index (χ1) is 11.7. The number of hydrogen-bond donors (Lipinski definition) is 1. The SMILES string of the molecule is COc1ccccc1-n1nc(-c2ccc(F)cc2F)c2c1NCC2. The molecule has 1 aliphatic heterocycles. The maximum Gasteiger partial charge on any atom is 0.144 e. The molecule has 0 atom stereocenters. The first kappa shape index (κ1) is 14.7. The Labute approximate surface area is 137 Å². The van der Waals surface area contributed by atoms with Gasteiger partial charge in [-0.25, -0.2) is 13.5 Å². The molecule has 24 heavy (non-hydrogen) atoms. The number of anilines is 1. The molecule has 0 unspecified atom stereocenters. The Bertz CT molecular complexity index is 921. The molecule has 2 heterocycles. The zero-order valence-electron chi connectivity index (χ0n) is 13.0. The molecule has 0 bridgehead atoms. The van der Waals surface area contributed by atoms with Crippen molar-refractivity contribution < 1.29 is 13.5 Å². The van der Waals surface area contributed by atoms with E-state index in [1.165, 1.54) is 12.1 Å². The zero-order chi connectivity index (χ0) is 16.7. The molecule has 0 aliphatic carbocycles. The second-order valence-electron chi connectivity index (χ2n) is 5.56. The number of fused-ring (bicyclic) bond motifs is 1. The molecule has 0 radical (unpaired) electrons. The highest BCUT2D eigenvalue weighted by atomic mass is 19.1. The molecule has 6 heteroatoms. The van der Waals surface area contributed by atoms with Crippen molar-refractivity contribution in [3.63, 3.8) is 0 Å². The predicted molar refractivity (Wildman–Crippen MR) is 87.7 cm³/mol. The third-order valence-corrected chi connectivity index (χ3v) is 4.15. The number of rotatable bonds is 3. The van der Waals surface area contributed by atoms with Crippen LogP contribution in [0.2, 0.25) is 0 Å². The zero-order valence-corrected chi connectivity index (χ0v) is 13.0. The molecule has 0 saturated heterocycles. The van der Waals surface area contributed by atoms with Crippen LogP contribution in [0.3, 0.4) is 0 Å². The van der Waals surface area contributed by atoms with E-state index in [2.05, 4.69) is 10.4 Å². The van der Waals surface area contributed by atoms with E-state index in [9.17, 15) is 8.78 Å². The molecule has 1 aromatic heterocycles. The van der Waals surface area contributed by atoms with Gasteiger partial charge < -0.3 is 10.1 Å². The summed E-state index contributed by atoms with van der Waals surface area (Å²) in [6.07, 6.45) is 0.733. The number of ether oxygens (including phenoxy) is 1. The number of aromatic nitrogens is 2. The van der Waals surface area contributed by atoms with Crippen LogP contribution in [0.1, 0.15) is 5.56 Å². The van der Waals surface area contributed by atoms with E-state index in [0.29, 0.717) is 17.0 Å². The number of methoxy groups -OCH3 is 1. The minimum atomic E-state index is -0.616. The van der Waals surface area contributed by atoms with E-state index in [1.807, 2.05) is 24.3 Å². The highest BCUT2D eigenvalue weighted by Crippen LogP contribution is 2.37. The molecule has 122 valence electrons. The van der Waals surface area contributed by atoms with Crippen LogP contribution in [0.5, 0.6) is 5.75 Å². The van der Waals surface area contributed by atoms with Crippen LogP contribution < -0.4 is 10.1 Å². The lowest BCUT2D eigenvalue weighted by molar-refractivity contribution is 0.412. The van der Waals surface area contributed by atoms with Gasteiger partial charge in [-0.2, -0.15) is 5.10 Å². The Kier molecular flexibility index (Phi) is 3.45. The summed E-state index contributed by atoms with van der Waals surface area (Å²) in [6, 6.07) is 11.0. The minimum Gasteiger partial charge on any atom is -0.494 e. The summed E-state index contributed by atoms with van der Waals surface area (Å²) in [4.78, 5) is 0. The summed E-state index contributed by atoms with van der Waals surface area (Å²) >= 11 is 0. The predicted octanol–water partition coefficient (Wildman–Crippen LogP) is 3.79. The van der Waals surface area contributed by atoms with Crippen LogP contribution in [-0.2, 0) is 6.42 Å². The summed E-state index contributed by atoms with van der Waals surface area (Å²) in [5, 5.41) is 7.87. The fourth-order valence-electron chi connectivity index (χ4n) is 3.05. The smallest absolute Gasteiger partial charge is 0.144 e. The van der Waals surface area contributed by atoms with Crippen molar-refractivity contribution in [1.82, 2.24) is 9.78 Å². The van der Waals surface area contributed by atoms with Crippen molar-refractivity contribution in [2.24, 2.45) is 0 Å². The molecule has 0 fully saturated rings. The lowest BCUT2D eigenvalue weighted by atomic mass is 10.1. The molecule has 3 aromatic rings. The first-order valence-corrected chi connectivity index (χ1v) is 7.63. The minimum absolute atomic E-state index is 0.296. The Balaban J connectivity index is 1.93. The highest BCUT2D eigenvalue weighted by Gasteiger charge is 2.26. The molecule has 4 nitrogen and oxygen atoms in total. The van der Waals surface area contributed by atoms with Crippen LogP contribution in [0.25, 0.3) is 16.9 Å². The van der Waals surface area contributed by atoms with Crippen LogP contribution in [0.15, 0.2) is 42.5 Å². The fraction of sp³-hybridized carbons (Fsp3) is 0.167. The Hall–Kier alpha value is -2.89. The molecular weight excluding hydrogens is 312 g/mol. The van der Waals surface area contributed by atoms with Crippen molar-refractivity contribution in [1.29, 1.82) is 0 Å². The monoisotopic (exact) mass is 327 g/mol. The second-order valence-corrected chi connectivity index (χ2v) is 5.56.